The first-order valence-electron chi connectivity index (χ1n) is 17.7. The molecule has 3 saturated heterocycles. The van der Waals surface area contributed by atoms with Gasteiger partial charge in [0.2, 0.25) is 17.7 Å². The molecule has 284 valence electrons. The molecule has 0 aliphatic carbocycles. The lowest BCUT2D eigenvalue weighted by atomic mass is 9.92. The van der Waals surface area contributed by atoms with Gasteiger partial charge in [0.15, 0.2) is 5.82 Å². The lowest BCUT2D eigenvalue weighted by Gasteiger charge is -2.51. The summed E-state index contributed by atoms with van der Waals surface area (Å²) in [6.07, 6.45) is 2.88. The summed E-state index contributed by atoms with van der Waals surface area (Å²) in [5, 5.41) is 5.56. The Morgan fingerprint density at radius 1 is 1.02 bits per heavy atom. The van der Waals surface area contributed by atoms with E-state index in [-0.39, 0.29) is 73.1 Å². The number of nitrogens with one attached hydrogen (secondary N) is 3. The summed E-state index contributed by atoms with van der Waals surface area (Å²) in [6, 6.07) is 13.0. The lowest BCUT2D eigenvalue weighted by molar-refractivity contribution is -0.137. The number of carbonyl (C=O) groups excluding carboxylic acids is 5. The zero-order valence-electron chi connectivity index (χ0n) is 29.9. The minimum atomic E-state index is -4.37. The third-order valence-corrected chi connectivity index (χ3v) is 11.4. The number of anilines is 2. The van der Waals surface area contributed by atoms with E-state index >= 15 is 4.39 Å². The number of urea groups is 1. The molecule has 17 heteroatoms. The maximum Gasteiger partial charge on any atom is 0.326 e. The number of hydrogen-bond donors (Lipinski definition) is 3. The van der Waals surface area contributed by atoms with Gasteiger partial charge in [-0.15, -0.1) is 0 Å². The molecule has 0 saturated carbocycles. The Labute approximate surface area is 311 Å². The van der Waals surface area contributed by atoms with E-state index in [4.69, 9.17) is 4.74 Å². The highest BCUT2D eigenvalue weighted by molar-refractivity contribution is 7.92. The van der Waals surface area contributed by atoms with Gasteiger partial charge >= 0.3 is 16.2 Å². The maximum absolute atomic E-state index is 16.3. The van der Waals surface area contributed by atoms with E-state index in [1.807, 2.05) is 42.5 Å². The van der Waals surface area contributed by atoms with Crippen molar-refractivity contribution in [3.05, 3.63) is 77.8 Å². The number of carbonyl (C=O) groups is 5. The molecule has 3 fully saturated rings. The van der Waals surface area contributed by atoms with Gasteiger partial charge in [-0.3, -0.25) is 34.3 Å². The van der Waals surface area contributed by atoms with Crippen molar-refractivity contribution in [3.63, 3.8) is 0 Å². The lowest BCUT2D eigenvalue weighted by Crippen LogP contribution is -2.65. The van der Waals surface area contributed by atoms with E-state index < -0.39 is 46.1 Å². The first kappa shape index (κ1) is 36.8. The van der Waals surface area contributed by atoms with Gasteiger partial charge in [0, 0.05) is 35.8 Å². The Balaban J connectivity index is 1.12. The third-order valence-electron chi connectivity index (χ3n) is 10.1. The fraction of sp³-hybridized carbons (Fsp3) is 0.378. The van der Waals surface area contributed by atoms with Crippen LogP contribution in [0.25, 0.3) is 10.8 Å². The third kappa shape index (κ3) is 6.96. The number of fused-ring (bicyclic) bond motifs is 1. The topological polar surface area (TPSA) is 178 Å². The standard InChI is InChI=1S/C37H40FN7O8S/c1-21(2)44-22(3)15-29(45(37(44)50)28-11-12-31(46)40-36(28)49)27-13-14-42(27)18-32(47)39-25-9-10-26-24(16-25)17-30(53-20-23-7-5-4-6-8-23)35(34(26)38)43-19-33(48)41-54(43,51)52/h4-10,15-17,21-22,27-28H,11-14,18-20H2,1-3H3,(H,39,47)(H,41,48)(H,40,46,49). The maximum atomic E-state index is 16.3. The predicted molar refractivity (Wildman–Crippen MR) is 196 cm³/mol. The van der Waals surface area contributed by atoms with E-state index in [1.165, 1.54) is 23.1 Å². The number of rotatable bonds is 10. The van der Waals surface area contributed by atoms with Gasteiger partial charge in [-0.1, -0.05) is 30.3 Å². The van der Waals surface area contributed by atoms with Crippen LogP contribution in [-0.2, 0) is 36.0 Å². The van der Waals surface area contributed by atoms with Gasteiger partial charge < -0.3 is 15.0 Å². The molecule has 0 aromatic heterocycles. The summed E-state index contributed by atoms with van der Waals surface area (Å²) in [6.45, 7) is 5.56. The van der Waals surface area contributed by atoms with E-state index in [9.17, 15) is 32.4 Å². The Hall–Kier alpha value is -5.55. The monoisotopic (exact) mass is 761 g/mol. The number of halogens is 1. The first-order chi connectivity index (χ1) is 25.7. The normalized spacial score (nSPS) is 22.9. The van der Waals surface area contributed by atoms with Crippen molar-refractivity contribution in [1.82, 2.24) is 24.7 Å². The molecule has 54 heavy (non-hydrogen) atoms. The summed E-state index contributed by atoms with van der Waals surface area (Å²) < 4.78 is 50.3. The van der Waals surface area contributed by atoms with E-state index in [2.05, 4.69) is 10.6 Å². The number of imide groups is 1. The average Bonchev–Trinajstić information content (AvgIpc) is 3.37. The fourth-order valence-electron chi connectivity index (χ4n) is 7.50. The van der Waals surface area contributed by atoms with Crippen molar-refractivity contribution in [2.24, 2.45) is 0 Å². The smallest absolute Gasteiger partial charge is 0.326 e. The second-order valence-electron chi connectivity index (χ2n) is 14.1. The van der Waals surface area contributed by atoms with Crippen LogP contribution in [0.4, 0.5) is 20.6 Å². The number of nitrogens with zero attached hydrogens (tertiary/aromatic N) is 4. The van der Waals surface area contributed by atoms with Crippen LogP contribution in [-0.4, -0.2) is 96.6 Å². The first-order valence-corrected chi connectivity index (χ1v) is 19.1. The minimum absolute atomic E-state index is 0.0151. The summed E-state index contributed by atoms with van der Waals surface area (Å²) in [5.41, 5.74) is 1.29. The second kappa shape index (κ2) is 14.4. The Morgan fingerprint density at radius 2 is 1.78 bits per heavy atom. The number of amides is 6. The molecule has 0 bridgehead atoms. The summed E-state index contributed by atoms with van der Waals surface area (Å²) >= 11 is 0. The Kier molecular flexibility index (Phi) is 9.78. The van der Waals surface area contributed by atoms with Crippen LogP contribution < -0.4 is 24.4 Å². The molecule has 3 unspecified atom stereocenters. The minimum Gasteiger partial charge on any atom is -0.487 e. The van der Waals surface area contributed by atoms with Crippen LogP contribution in [0.2, 0.25) is 0 Å². The highest BCUT2D eigenvalue weighted by atomic mass is 32.2. The summed E-state index contributed by atoms with van der Waals surface area (Å²) in [7, 11) is -4.37. The van der Waals surface area contributed by atoms with Gasteiger partial charge in [-0.2, -0.15) is 8.42 Å². The number of ether oxygens (including phenoxy) is 1. The van der Waals surface area contributed by atoms with E-state index in [0.717, 1.165) is 5.56 Å². The number of hydrogen-bond acceptors (Lipinski definition) is 9. The molecule has 3 N–H and O–H groups in total. The fourth-order valence-corrected chi connectivity index (χ4v) is 8.66. The van der Waals surface area contributed by atoms with Crippen LogP contribution >= 0.6 is 0 Å². The Bertz CT molecular complexity index is 2200. The molecule has 4 aliphatic heterocycles. The zero-order valence-corrected chi connectivity index (χ0v) is 30.7. The van der Waals surface area contributed by atoms with Gasteiger partial charge in [0.25, 0.3) is 5.91 Å². The highest BCUT2D eigenvalue weighted by Crippen LogP contribution is 2.41. The van der Waals surface area contributed by atoms with Gasteiger partial charge in [0.1, 0.15) is 30.6 Å². The predicted octanol–water partition coefficient (Wildman–Crippen LogP) is 2.98. The molecule has 4 heterocycles. The highest BCUT2D eigenvalue weighted by Gasteiger charge is 2.47. The molecule has 6 amide bonds. The van der Waals surface area contributed by atoms with Crippen molar-refractivity contribution in [3.8, 4) is 5.75 Å². The summed E-state index contributed by atoms with van der Waals surface area (Å²) in [4.78, 5) is 69.4. The van der Waals surface area contributed by atoms with Crippen LogP contribution in [0.3, 0.4) is 0 Å². The van der Waals surface area contributed by atoms with Crippen molar-refractivity contribution >= 4 is 62.0 Å². The molecule has 0 spiro atoms. The van der Waals surface area contributed by atoms with Crippen molar-refractivity contribution in [2.75, 3.05) is 29.3 Å². The second-order valence-corrected chi connectivity index (χ2v) is 15.7. The SMILES string of the molecule is CC(C)N1C(=O)N(C2CCC(=O)NC2=O)C(C2CCN2CC(=O)Nc2ccc3c(F)c(N4CC(=O)NS4(=O)=O)c(OCc4ccccc4)cc3c2)=CC1C. The molecule has 15 nitrogen and oxygen atoms in total. The molecular weight excluding hydrogens is 722 g/mol. The van der Waals surface area contributed by atoms with Crippen LogP contribution in [0, 0.1) is 5.82 Å². The number of likely N-dealkylation sites (tertiary alicyclic amines) is 1. The van der Waals surface area contributed by atoms with Crippen LogP contribution in [0.15, 0.2) is 66.4 Å². The quantitative estimate of drug-likeness (QED) is 0.262. The molecular formula is C37H40FN7O8S. The van der Waals surface area contributed by atoms with Crippen LogP contribution in [0.1, 0.15) is 45.6 Å². The largest absolute Gasteiger partial charge is 0.487 e. The summed E-state index contributed by atoms with van der Waals surface area (Å²) in [5.74, 6) is -3.14. The van der Waals surface area contributed by atoms with Gasteiger partial charge in [0.05, 0.1) is 18.6 Å². The van der Waals surface area contributed by atoms with Crippen molar-refractivity contribution in [1.29, 1.82) is 0 Å². The molecule has 3 aromatic carbocycles. The zero-order chi connectivity index (χ0) is 38.5. The number of benzene rings is 3. The van der Waals surface area contributed by atoms with Crippen molar-refractivity contribution in [2.45, 2.75) is 70.8 Å². The van der Waals surface area contributed by atoms with Gasteiger partial charge in [-0.25, -0.2) is 18.2 Å². The Morgan fingerprint density at radius 3 is 2.43 bits per heavy atom. The van der Waals surface area contributed by atoms with E-state index in [1.54, 1.807) is 35.2 Å². The van der Waals surface area contributed by atoms with E-state index in [0.29, 0.717) is 34.0 Å². The average molecular weight is 762 g/mol. The van der Waals surface area contributed by atoms with Gasteiger partial charge in [-0.05, 0) is 74.9 Å². The molecule has 3 atom stereocenters. The molecule has 0 radical (unpaired) electrons. The molecule has 7 rings (SSSR count). The van der Waals surface area contributed by atoms with Crippen molar-refractivity contribution < 1.29 is 41.5 Å². The van der Waals surface area contributed by atoms with Crippen LogP contribution in [0.5, 0.6) is 5.75 Å². The number of piperidine rings is 1. The molecule has 3 aromatic rings. The molecule has 4 aliphatic rings.